The van der Waals surface area contributed by atoms with Crippen LogP contribution in [0.3, 0.4) is 0 Å². The van der Waals surface area contributed by atoms with Gasteiger partial charge in [0.25, 0.3) is 11.8 Å². The average Bonchev–Trinajstić information content (AvgIpc) is 2.74. The van der Waals surface area contributed by atoms with Crippen molar-refractivity contribution in [2.24, 2.45) is 0 Å². The number of amides is 4. The fraction of sp³-hybridized carbons (Fsp3) is 0.333. The summed E-state index contributed by atoms with van der Waals surface area (Å²) in [6.07, 6.45) is 2.59. The third kappa shape index (κ3) is 3.53. The lowest BCUT2D eigenvalue weighted by atomic mass is 10.0. The number of hydrogen-bond donors (Lipinski definition) is 2. The predicted octanol–water partition coefficient (Wildman–Crippen LogP) is 0.946. The molecule has 0 aliphatic carbocycles. The summed E-state index contributed by atoms with van der Waals surface area (Å²) in [6, 6.07) is 5.35. The van der Waals surface area contributed by atoms with Gasteiger partial charge >= 0.3 is 0 Å². The van der Waals surface area contributed by atoms with Gasteiger partial charge in [-0.2, -0.15) is 0 Å². The van der Waals surface area contributed by atoms with Crippen LogP contribution in [0.1, 0.15) is 52.5 Å². The zero-order valence-corrected chi connectivity index (χ0v) is 11.7. The Kier molecular flexibility index (Phi) is 4.47. The summed E-state index contributed by atoms with van der Waals surface area (Å²) in [5.41, 5.74) is 2.06. The van der Waals surface area contributed by atoms with Gasteiger partial charge in [-0.1, -0.05) is 13.0 Å². The summed E-state index contributed by atoms with van der Waals surface area (Å²) >= 11 is 0. The summed E-state index contributed by atoms with van der Waals surface area (Å²) in [4.78, 5) is 43.0. The third-order valence-corrected chi connectivity index (χ3v) is 3.30. The number of rotatable bonds is 1. The number of fused-ring (bicyclic) bond motifs is 1. The smallest absolute Gasteiger partial charge is 0.258 e. The largest absolute Gasteiger partial charge is 0.296 e. The minimum absolute atomic E-state index is 0.138. The molecule has 0 atom stereocenters. The van der Waals surface area contributed by atoms with Crippen molar-refractivity contribution in [3.05, 3.63) is 34.9 Å². The Labute approximate surface area is 121 Å². The van der Waals surface area contributed by atoms with Gasteiger partial charge in [-0.05, 0) is 30.5 Å². The van der Waals surface area contributed by atoms with Gasteiger partial charge in [0, 0.05) is 12.8 Å². The van der Waals surface area contributed by atoms with E-state index in [1.807, 2.05) is 13.0 Å². The van der Waals surface area contributed by atoms with Crippen molar-refractivity contribution in [2.45, 2.75) is 32.6 Å². The molecule has 2 heterocycles. The first-order valence-electron chi connectivity index (χ1n) is 6.82. The number of piperidine rings is 1. The van der Waals surface area contributed by atoms with Crippen molar-refractivity contribution < 1.29 is 19.2 Å². The molecule has 1 aromatic rings. The third-order valence-electron chi connectivity index (χ3n) is 3.30. The molecule has 110 valence electrons. The van der Waals surface area contributed by atoms with Gasteiger partial charge < -0.3 is 0 Å². The summed E-state index contributed by atoms with van der Waals surface area (Å²) in [5.74, 6) is -0.847. The Morgan fingerprint density at radius 2 is 1.52 bits per heavy atom. The van der Waals surface area contributed by atoms with E-state index in [2.05, 4.69) is 10.6 Å². The van der Waals surface area contributed by atoms with Crippen LogP contribution >= 0.6 is 0 Å². The second-order valence-corrected chi connectivity index (χ2v) is 4.84. The molecule has 3 rings (SSSR count). The standard InChI is InChI=1S/C10H9NO2.C5H7NO2/c1-2-6-3-4-7-8(5-6)10(13)11-9(7)12;7-4-2-1-3-5(8)6-4/h3-5H,2H2,1H3,(H,11,12,13);1-3H2,(H,6,7,8). The Bertz CT molecular complexity index is 608. The van der Waals surface area contributed by atoms with E-state index in [9.17, 15) is 19.2 Å². The second-order valence-electron chi connectivity index (χ2n) is 4.84. The number of benzene rings is 1. The highest BCUT2D eigenvalue weighted by atomic mass is 16.2. The van der Waals surface area contributed by atoms with Crippen LogP contribution in [-0.4, -0.2) is 23.6 Å². The molecular weight excluding hydrogens is 272 g/mol. The van der Waals surface area contributed by atoms with Crippen LogP contribution in [0.2, 0.25) is 0 Å². The molecule has 0 unspecified atom stereocenters. The Morgan fingerprint density at radius 3 is 2.05 bits per heavy atom. The molecule has 0 radical (unpaired) electrons. The molecule has 2 aliphatic heterocycles. The number of carbonyl (C=O) groups is 4. The maximum Gasteiger partial charge on any atom is 0.258 e. The molecule has 0 saturated carbocycles. The van der Waals surface area contributed by atoms with Crippen molar-refractivity contribution in [2.75, 3.05) is 0 Å². The molecular formula is C15H16N2O4. The summed E-state index contributed by atoms with van der Waals surface area (Å²) < 4.78 is 0. The molecule has 1 fully saturated rings. The van der Waals surface area contributed by atoms with Crippen molar-refractivity contribution in [1.29, 1.82) is 0 Å². The van der Waals surface area contributed by atoms with Crippen molar-refractivity contribution in [3.8, 4) is 0 Å². The first-order chi connectivity index (χ1) is 10.0. The van der Waals surface area contributed by atoms with E-state index in [0.717, 1.165) is 12.0 Å². The first kappa shape index (κ1) is 14.9. The molecule has 0 aromatic heterocycles. The van der Waals surface area contributed by atoms with Crippen LogP contribution < -0.4 is 10.6 Å². The van der Waals surface area contributed by atoms with Gasteiger partial charge in [-0.25, -0.2) is 0 Å². The summed E-state index contributed by atoms with van der Waals surface area (Å²) in [7, 11) is 0. The molecule has 0 bridgehead atoms. The highest BCUT2D eigenvalue weighted by Gasteiger charge is 2.26. The molecule has 21 heavy (non-hydrogen) atoms. The quantitative estimate of drug-likeness (QED) is 0.752. The highest BCUT2D eigenvalue weighted by Crippen LogP contribution is 2.17. The van der Waals surface area contributed by atoms with E-state index in [-0.39, 0.29) is 23.6 Å². The minimum Gasteiger partial charge on any atom is -0.296 e. The number of imide groups is 2. The second kappa shape index (κ2) is 6.30. The van der Waals surface area contributed by atoms with Gasteiger partial charge in [-0.3, -0.25) is 29.8 Å². The number of hydrogen-bond acceptors (Lipinski definition) is 4. The molecule has 4 amide bonds. The van der Waals surface area contributed by atoms with Gasteiger partial charge in [0.1, 0.15) is 0 Å². The summed E-state index contributed by atoms with van der Waals surface area (Å²) in [6.45, 7) is 2.01. The number of nitrogens with one attached hydrogen (secondary N) is 2. The Morgan fingerprint density at radius 1 is 0.905 bits per heavy atom. The molecule has 2 aliphatic rings. The molecule has 1 saturated heterocycles. The zero-order chi connectivity index (χ0) is 15.4. The van der Waals surface area contributed by atoms with Gasteiger partial charge in [-0.15, -0.1) is 0 Å². The Balaban J connectivity index is 0.000000173. The molecule has 6 nitrogen and oxygen atoms in total. The highest BCUT2D eigenvalue weighted by molar-refractivity contribution is 6.21. The van der Waals surface area contributed by atoms with Crippen LogP contribution in [0.5, 0.6) is 0 Å². The van der Waals surface area contributed by atoms with E-state index < -0.39 is 0 Å². The summed E-state index contributed by atoms with van der Waals surface area (Å²) in [5, 5.41) is 4.46. The molecule has 1 aromatic carbocycles. The van der Waals surface area contributed by atoms with Gasteiger partial charge in [0.15, 0.2) is 0 Å². The lowest BCUT2D eigenvalue weighted by Crippen LogP contribution is -2.33. The monoisotopic (exact) mass is 288 g/mol. The Hall–Kier alpha value is -2.50. The molecule has 0 spiro atoms. The lowest BCUT2D eigenvalue weighted by molar-refractivity contribution is -0.132. The van der Waals surface area contributed by atoms with Crippen LogP contribution in [0.25, 0.3) is 0 Å². The van der Waals surface area contributed by atoms with Gasteiger partial charge in [0.2, 0.25) is 11.8 Å². The molecule has 6 heteroatoms. The average molecular weight is 288 g/mol. The fourth-order valence-corrected chi connectivity index (χ4v) is 2.12. The van der Waals surface area contributed by atoms with Crippen LogP contribution in [-0.2, 0) is 16.0 Å². The van der Waals surface area contributed by atoms with Crippen molar-refractivity contribution in [1.82, 2.24) is 10.6 Å². The van der Waals surface area contributed by atoms with Gasteiger partial charge in [0.05, 0.1) is 11.1 Å². The van der Waals surface area contributed by atoms with Crippen LogP contribution in [0, 0.1) is 0 Å². The lowest BCUT2D eigenvalue weighted by Gasteiger charge is -2.07. The first-order valence-corrected chi connectivity index (χ1v) is 6.82. The number of aryl methyl sites for hydroxylation is 1. The zero-order valence-electron chi connectivity index (χ0n) is 11.7. The van der Waals surface area contributed by atoms with Crippen LogP contribution in [0.4, 0.5) is 0 Å². The SMILES string of the molecule is CCc1ccc2c(c1)C(=O)NC2=O.O=C1CCCC(=O)N1. The maximum absolute atomic E-state index is 11.2. The normalized spacial score (nSPS) is 16.6. The van der Waals surface area contributed by atoms with Crippen molar-refractivity contribution in [3.63, 3.8) is 0 Å². The maximum atomic E-state index is 11.2. The predicted molar refractivity (Wildman–Crippen MR) is 74.6 cm³/mol. The van der Waals surface area contributed by atoms with E-state index in [1.54, 1.807) is 12.1 Å². The van der Waals surface area contributed by atoms with E-state index in [0.29, 0.717) is 30.4 Å². The van der Waals surface area contributed by atoms with E-state index >= 15 is 0 Å². The number of carbonyl (C=O) groups excluding carboxylic acids is 4. The van der Waals surface area contributed by atoms with E-state index in [1.165, 1.54) is 0 Å². The fourth-order valence-electron chi connectivity index (χ4n) is 2.12. The van der Waals surface area contributed by atoms with Crippen molar-refractivity contribution >= 4 is 23.6 Å². The van der Waals surface area contributed by atoms with Crippen LogP contribution in [0.15, 0.2) is 18.2 Å². The molecule has 2 N–H and O–H groups in total. The topological polar surface area (TPSA) is 92.3 Å². The minimum atomic E-state index is -0.289. The van der Waals surface area contributed by atoms with E-state index in [4.69, 9.17) is 0 Å².